The fraction of sp³-hybridized carbons (Fsp3) is 0.619. The number of benzene rings is 1. The molecule has 7 nitrogen and oxygen atoms in total. The molecule has 2 fully saturated rings. The molecule has 3 rings (SSSR count). The van der Waals surface area contributed by atoms with Gasteiger partial charge in [0.15, 0.2) is 12.1 Å². The van der Waals surface area contributed by atoms with Gasteiger partial charge in [-0.15, -0.1) is 6.58 Å². The molecule has 0 saturated carbocycles. The molecule has 7 heteroatoms. The Morgan fingerprint density at radius 1 is 1.14 bits per heavy atom. The predicted octanol–water partition coefficient (Wildman–Crippen LogP) is 2.67. The Bertz CT molecular complexity index is 630. The molecule has 0 aliphatic carbocycles. The van der Waals surface area contributed by atoms with Gasteiger partial charge in [0.1, 0.15) is 30.2 Å². The Morgan fingerprint density at radius 2 is 1.89 bits per heavy atom. The zero-order chi connectivity index (χ0) is 20.1. The second kappa shape index (κ2) is 9.35. The van der Waals surface area contributed by atoms with Gasteiger partial charge < -0.3 is 33.2 Å². The van der Waals surface area contributed by atoms with Crippen LogP contribution in [0, 0.1) is 0 Å². The molecule has 1 aromatic carbocycles. The zero-order valence-corrected chi connectivity index (χ0v) is 17.0. The molecular weight excluding hydrogens is 364 g/mol. The van der Waals surface area contributed by atoms with Crippen molar-refractivity contribution in [2.75, 3.05) is 27.4 Å². The van der Waals surface area contributed by atoms with Crippen molar-refractivity contribution in [3.8, 4) is 5.75 Å². The summed E-state index contributed by atoms with van der Waals surface area (Å²) in [6.07, 6.45) is -0.380. The van der Waals surface area contributed by atoms with Gasteiger partial charge in [-0.3, -0.25) is 0 Å². The monoisotopic (exact) mass is 394 g/mol. The van der Waals surface area contributed by atoms with Crippen LogP contribution < -0.4 is 4.74 Å². The van der Waals surface area contributed by atoms with Crippen molar-refractivity contribution in [3.63, 3.8) is 0 Å². The minimum atomic E-state index is -0.721. The van der Waals surface area contributed by atoms with Crippen LogP contribution in [-0.2, 0) is 35.0 Å². The number of ether oxygens (including phenoxy) is 7. The molecule has 0 spiro atoms. The average Bonchev–Trinajstić information content (AvgIpc) is 2.70. The molecule has 0 bridgehead atoms. The van der Waals surface area contributed by atoms with Gasteiger partial charge in [0.05, 0.1) is 26.9 Å². The van der Waals surface area contributed by atoms with Crippen molar-refractivity contribution in [3.05, 3.63) is 42.5 Å². The van der Waals surface area contributed by atoms with E-state index >= 15 is 0 Å². The van der Waals surface area contributed by atoms with E-state index < -0.39 is 18.2 Å². The van der Waals surface area contributed by atoms with Crippen molar-refractivity contribution < 1.29 is 33.2 Å². The van der Waals surface area contributed by atoms with Crippen LogP contribution in [0.3, 0.4) is 0 Å². The molecule has 2 saturated heterocycles. The Morgan fingerprint density at radius 3 is 2.54 bits per heavy atom. The molecule has 2 heterocycles. The normalized spacial score (nSPS) is 31.8. The lowest BCUT2D eigenvalue weighted by Gasteiger charge is -2.50. The van der Waals surface area contributed by atoms with Gasteiger partial charge in [0.2, 0.25) is 0 Å². The van der Waals surface area contributed by atoms with Crippen molar-refractivity contribution in [2.24, 2.45) is 0 Å². The lowest BCUT2D eigenvalue weighted by molar-refractivity contribution is -0.387. The third-order valence-electron chi connectivity index (χ3n) is 4.85. The lowest BCUT2D eigenvalue weighted by atomic mass is 9.97. The summed E-state index contributed by atoms with van der Waals surface area (Å²) >= 11 is 0. The molecule has 2 unspecified atom stereocenters. The van der Waals surface area contributed by atoms with Crippen LogP contribution in [0.15, 0.2) is 36.9 Å². The highest BCUT2D eigenvalue weighted by Crippen LogP contribution is 2.35. The highest BCUT2D eigenvalue weighted by atomic mass is 16.8. The van der Waals surface area contributed by atoms with Crippen molar-refractivity contribution in [1.82, 2.24) is 0 Å². The molecule has 0 aromatic heterocycles. The van der Waals surface area contributed by atoms with Crippen LogP contribution in [-0.4, -0.2) is 63.9 Å². The van der Waals surface area contributed by atoms with E-state index in [1.54, 1.807) is 20.3 Å². The van der Waals surface area contributed by atoms with Crippen LogP contribution in [0.2, 0.25) is 0 Å². The van der Waals surface area contributed by atoms with Crippen LogP contribution in [0.5, 0.6) is 5.75 Å². The molecule has 1 aromatic rings. The quantitative estimate of drug-likeness (QED) is 0.628. The first-order chi connectivity index (χ1) is 13.5. The first-order valence-corrected chi connectivity index (χ1v) is 9.44. The first kappa shape index (κ1) is 21.2. The Kier molecular flexibility index (Phi) is 7.09. The average molecular weight is 394 g/mol. The van der Waals surface area contributed by atoms with Gasteiger partial charge in [-0.1, -0.05) is 18.2 Å². The van der Waals surface area contributed by atoms with Gasteiger partial charge in [-0.25, -0.2) is 0 Å². The molecule has 0 N–H and O–H groups in total. The van der Waals surface area contributed by atoms with Gasteiger partial charge in [-0.05, 0) is 31.5 Å². The van der Waals surface area contributed by atoms with Crippen LogP contribution in [0.1, 0.15) is 19.4 Å². The minimum absolute atomic E-state index is 0.298. The highest BCUT2D eigenvalue weighted by Gasteiger charge is 2.52. The van der Waals surface area contributed by atoms with E-state index in [-0.39, 0.29) is 18.3 Å². The molecule has 0 radical (unpaired) electrons. The van der Waals surface area contributed by atoms with Crippen LogP contribution >= 0.6 is 0 Å². The van der Waals surface area contributed by atoms with E-state index in [2.05, 4.69) is 6.58 Å². The minimum Gasteiger partial charge on any atom is -0.497 e. The maximum atomic E-state index is 6.20. The number of fused-ring (bicyclic) bond motifs is 1. The van der Waals surface area contributed by atoms with E-state index in [1.165, 1.54) is 0 Å². The van der Waals surface area contributed by atoms with Gasteiger partial charge in [0.25, 0.3) is 0 Å². The smallest absolute Gasteiger partial charge is 0.186 e. The number of hydrogen-bond donors (Lipinski definition) is 0. The zero-order valence-electron chi connectivity index (χ0n) is 17.0. The summed E-state index contributed by atoms with van der Waals surface area (Å²) in [4.78, 5) is 0. The molecule has 156 valence electrons. The summed E-state index contributed by atoms with van der Waals surface area (Å²) in [6.45, 7) is 8.65. The molecular formula is C21H30O7. The topological polar surface area (TPSA) is 64.6 Å². The Hall–Kier alpha value is -1.48. The summed E-state index contributed by atoms with van der Waals surface area (Å²) in [5, 5.41) is 0. The van der Waals surface area contributed by atoms with Crippen LogP contribution in [0.25, 0.3) is 0 Å². The predicted molar refractivity (Wildman–Crippen MR) is 102 cm³/mol. The molecule has 5 atom stereocenters. The Labute approximate surface area is 166 Å². The van der Waals surface area contributed by atoms with Crippen molar-refractivity contribution in [1.29, 1.82) is 0 Å². The van der Waals surface area contributed by atoms with Crippen molar-refractivity contribution in [2.45, 2.75) is 56.9 Å². The van der Waals surface area contributed by atoms with Gasteiger partial charge in [0, 0.05) is 7.11 Å². The molecule has 0 amide bonds. The summed E-state index contributed by atoms with van der Waals surface area (Å²) < 4.78 is 40.9. The van der Waals surface area contributed by atoms with Gasteiger partial charge in [-0.2, -0.15) is 0 Å². The number of rotatable bonds is 8. The summed E-state index contributed by atoms with van der Waals surface area (Å²) in [7, 11) is 3.23. The van der Waals surface area contributed by atoms with E-state index in [0.717, 1.165) is 11.3 Å². The highest BCUT2D eigenvalue weighted by molar-refractivity contribution is 5.26. The fourth-order valence-electron chi connectivity index (χ4n) is 3.45. The largest absolute Gasteiger partial charge is 0.497 e. The number of methoxy groups -OCH3 is 2. The molecule has 2 aliphatic heterocycles. The number of hydrogen-bond acceptors (Lipinski definition) is 7. The molecule has 28 heavy (non-hydrogen) atoms. The molecule has 2 aliphatic rings. The fourth-order valence-corrected chi connectivity index (χ4v) is 3.45. The van der Waals surface area contributed by atoms with Crippen LogP contribution in [0.4, 0.5) is 0 Å². The standard InChI is InChI=1S/C21H30O7/c1-6-11-24-18-17-16(13-26-21(2,3)28-17)27-20(23-5)19(18)25-12-14-7-9-15(22-4)10-8-14/h6-10,16-20H,1,11-13H2,2-5H3/t16?,17-,18?,19-,20+/m0/s1. The van der Waals surface area contributed by atoms with E-state index in [0.29, 0.717) is 19.8 Å². The maximum Gasteiger partial charge on any atom is 0.186 e. The first-order valence-electron chi connectivity index (χ1n) is 9.44. The lowest BCUT2D eigenvalue weighted by Crippen LogP contribution is -2.65. The summed E-state index contributed by atoms with van der Waals surface area (Å²) in [5.41, 5.74) is 1.01. The van der Waals surface area contributed by atoms with E-state index in [1.807, 2.05) is 38.1 Å². The van der Waals surface area contributed by atoms with E-state index in [4.69, 9.17) is 33.2 Å². The maximum absolute atomic E-state index is 6.20. The second-order valence-corrected chi connectivity index (χ2v) is 7.28. The third kappa shape index (κ3) is 4.92. The second-order valence-electron chi connectivity index (χ2n) is 7.28. The SMILES string of the molecule is C=CCOC1[C@H]2OC(C)(C)OCC2O[C@@H](OC)[C@H]1OCc1ccc(OC)cc1. The third-order valence-corrected chi connectivity index (χ3v) is 4.85. The van der Waals surface area contributed by atoms with E-state index in [9.17, 15) is 0 Å². The summed E-state index contributed by atoms with van der Waals surface area (Å²) in [6, 6.07) is 7.72. The summed E-state index contributed by atoms with van der Waals surface area (Å²) in [5.74, 6) is 0.0770. The Balaban J connectivity index is 1.76. The van der Waals surface area contributed by atoms with Crippen molar-refractivity contribution >= 4 is 0 Å². The van der Waals surface area contributed by atoms with Gasteiger partial charge >= 0.3 is 0 Å².